The average Bonchev–Trinajstić information content (AvgIpc) is 2.62. The highest BCUT2D eigenvalue weighted by atomic mass is 35.5. The molecule has 6 nitrogen and oxygen atoms in total. The van der Waals surface area contributed by atoms with Gasteiger partial charge in [-0.15, -0.1) is 0 Å². The van der Waals surface area contributed by atoms with E-state index < -0.39 is 6.10 Å². The first kappa shape index (κ1) is 17.4. The minimum absolute atomic E-state index is 0.163. The number of carbonyl (C=O) groups excluding carboxylic acids is 1. The number of fused-ring (bicyclic) bond motifs is 1. The van der Waals surface area contributed by atoms with E-state index in [-0.39, 0.29) is 12.6 Å². The molecule has 132 valence electrons. The van der Waals surface area contributed by atoms with E-state index in [9.17, 15) is 9.90 Å². The Labute approximate surface area is 150 Å². The zero-order valence-corrected chi connectivity index (χ0v) is 14.7. The molecule has 2 amide bonds. The molecule has 2 aromatic carbocycles. The molecule has 0 saturated carbocycles. The van der Waals surface area contributed by atoms with Crippen LogP contribution in [0, 0.1) is 0 Å². The van der Waals surface area contributed by atoms with E-state index >= 15 is 0 Å². The third-order valence-corrected chi connectivity index (χ3v) is 4.42. The van der Waals surface area contributed by atoms with Crippen molar-refractivity contribution in [2.75, 3.05) is 26.1 Å². The number of nitrogens with zero attached hydrogens (tertiary/aromatic N) is 1. The maximum absolute atomic E-state index is 12.6. The molecular weight excluding hydrogens is 344 g/mol. The molecule has 0 aliphatic carbocycles. The van der Waals surface area contributed by atoms with Gasteiger partial charge in [0.15, 0.2) is 0 Å². The largest absolute Gasteiger partial charge is 0.496 e. The number of carbonyl (C=O) groups is 1. The molecule has 7 heteroatoms. The van der Waals surface area contributed by atoms with Gasteiger partial charge in [-0.1, -0.05) is 11.6 Å². The highest BCUT2D eigenvalue weighted by Crippen LogP contribution is 2.39. The van der Waals surface area contributed by atoms with Crippen molar-refractivity contribution in [2.24, 2.45) is 0 Å². The van der Waals surface area contributed by atoms with Crippen molar-refractivity contribution in [1.82, 2.24) is 4.90 Å². The predicted octanol–water partition coefficient (Wildman–Crippen LogP) is 3.44. The van der Waals surface area contributed by atoms with Gasteiger partial charge in [0.2, 0.25) is 0 Å². The normalized spacial score (nSPS) is 16.2. The highest BCUT2D eigenvalue weighted by Gasteiger charge is 2.31. The summed E-state index contributed by atoms with van der Waals surface area (Å²) in [5, 5.41) is 13.9. The Bertz CT molecular complexity index is 779. The number of benzene rings is 2. The van der Waals surface area contributed by atoms with Crippen molar-refractivity contribution < 1.29 is 19.4 Å². The van der Waals surface area contributed by atoms with Crippen molar-refractivity contribution in [3.8, 4) is 11.5 Å². The summed E-state index contributed by atoms with van der Waals surface area (Å²) < 4.78 is 10.7. The summed E-state index contributed by atoms with van der Waals surface area (Å²) in [6.07, 6.45) is -0.857. The van der Waals surface area contributed by atoms with E-state index in [4.69, 9.17) is 21.1 Å². The number of aliphatic hydroxyl groups excluding tert-OH is 1. The fraction of sp³-hybridized carbons (Fsp3) is 0.278. The van der Waals surface area contributed by atoms with Crippen LogP contribution in [0.5, 0.6) is 11.5 Å². The number of halogens is 1. The van der Waals surface area contributed by atoms with Crippen molar-refractivity contribution in [3.05, 3.63) is 52.5 Å². The number of hydrogen-bond acceptors (Lipinski definition) is 4. The molecule has 0 aromatic heterocycles. The van der Waals surface area contributed by atoms with E-state index in [0.29, 0.717) is 34.3 Å². The quantitative estimate of drug-likeness (QED) is 0.877. The van der Waals surface area contributed by atoms with E-state index in [0.717, 1.165) is 5.56 Å². The number of amides is 2. The van der Waals surface area contributed by atoms with E-state index in [1.807, 2.05) is 0 Å². The number of rotatable bonds is 3. The summed E-state index contributed by atoms with van der Waals surface area (Å²) >= 11 is 5.85. The zero-order chi connectivity index (χ0) is 18.0. The van der Waals surface area contributed by atoms with Gasteiger partial charge in [-0.2, -0.15) is 0 Å². The van der Waals surface area contributed by atoms with Gasteiger partial charge in [0.05, 0.1) is 27.3 Å². The van der Waals surface area contributed by atoms with Crippen LogP contribution in [0.3, 0.4) is 0 Å². The maximum Gasteiger partial charge on any atom is 0.322 e. The van der Waals surface area contributed by atoms with Gasteiger partial charge in [0, 0.05) is 21.8 Å². The second-order valence-corrected chi connectivity index (χ2v) is 6.13. The lowest BCUT2D eigenvalue weighted by atomic mass is 9.95. The number of ether oxygens (including phenoxy) is 2. The smallest absolute Gasteiger partial charge is 0.322 e. The monoisotopic (exact) mass is 362 g/mol. The van der Waals surface area contributed by atoms with Gasteiger partial charge >= 0.3 is 6.03 Å². The molecule has 0 bridgehead atoms. The lowest BCUT2D eigenvalue weighted by molar-refractivity contribution is 0.105. The van der Waals surface area contributed by atoms with Crippen LogP contribution >= 0.6 is 11.6 Å². The molecule has 1 heterocycles. The molecule has 1 aliphatic rings. The lowest BCUT2D eigenvalue weighted by Gasteiger charge is -2.34. The molecule has 1 aliphatic heterocycles. The fourth-order valence-electron chi connectivity index (χ4n) is 2.97. The number of urea groups is 1. The minimum Gasteiger partial charge on any atom is -0.496 e. The maximum atomic E-state index is 12.6. The molecule has 0 radical (unpaired) electrons. The van der Waals surface area contributed by atoms with E-state index in [2.05, 4.69) is 5.32 Å². The van der Waals surface area contributed by atoms with Gasteiger partial charge in [-0.05, 0) is 36.4 Å². The SMILES string of the molecule is COc1ccc(OC)c2c1CN(C(=O)Nc1ccc(Cl)cc1)C[C@H]2O. The van der Waals surface area contributed by atoms with Crippen LogP contribution in [0.1, 0.15) is 17.2 Å². The van der Waals surface area contributed by atoms with Crippen LogP contribution in [0.25, 0.3) is 0 Å². The van der Waals surface area contributed by atoms with Crippen LogP contribution in [0.4, 0.5) is 10.5 Å². The Morgan fingerprint density at radius 1 is 1.16 bits per heavy atom. The first-order valence-electron chi connectivity index (χ1n) is 7.76. The second-order valence-electron chi connectivity index (χ2n) is 5.70. The van der Waals surface area contributed by atoms with Crippen LogP contribution < -0.4 is 14.8 Å². The van der Waals surface area contributed by atoms with Crippen LogP contribution in [0.2, 0.25) is 5.02 Å². The summed E-state index contributed by atoms with van der Waals surface area (Å²) in [7, 11) is 3.11. The van der Waals surface area contributed by atoms with Gasteiger partial charge < -0.3 is 24.8 Å². The summed E-state index contributed by atoms with van der Waals surface area (Å²) in [5.41, 5.74) is 2.04. The third-order valence-electron chi connectivity index (χ3n) is 4.17. The molecule has 1 atom stereocenters. The first-order valence-corrected chi connectivity index (χ1v) is 8.14. The van der Waals surface area contributed by atoms with E-state index in [1.54, 1.807) is 50.6 Å². The lowest BCUT2D eigenvalue weighted by Crippen LogP contribution is -2.41. The van der Waals surface area contributed by atoms with Crippen LogP contribution in [-0.4, -0.2) is 36.8 Å². The first-order chi connectivity index (χ1) is 12.0. The number of aliphatic hydroxyl groups is 1. The third kappa shape index (κ3) is 3.50. The molecule has 2 aromatic rings. The number of β-amino-alcohol motifs (C(OH)–C–C–N with tert-alkyl or cyclic N) is 1. The second kappa shape index (κ2) is 7.21. The van der Waals surface area contributed by atoms with Gasteiger partial charge in [0.25, 0.3) is 0 Å². The fourth-order valence-corrected chi connectivity index (χ4v) is 3.09. The summed E-state index contributed by atoms with van der Waals surface area (Å²) in [5.74, 6) is 1.19. The van der Waals surface area contributed by atoms with Gasteiger partial charge in [-0.3, -0.25) is 0 Å². The van der Waals surface area contributed by atoms with Crippen LogP contribution in [0.15, 0.2) is 36.4 Å². The van der Waals surface area contributed by atoms with Crippen LogP contribution in [-0.2, 0) is 6.54 Å². The molecule has 25 heavy (non-hydrogen) atoms. The summed E-state index contributed by atoms with van der Waals surface area (Å²) in [6, 6.07) is 10.1. The number of hydrogen-bond donors (Lipinski definition) is 2. The molecule has 0 spiro atoms. The molecule has 0 fully saturated rings. The Morgan fingerprint density at radius 3 is 2.44 bits per heavy atom. The summed E-state index contributed by atoms with van der Waals surface area (Å²) in [4.78, 5) is 14.1. The van der Waals surface area contributed by atoms with E-state index in [1.165, 1.54) is 4.90 Å². The highest BCUT2D eigenvalue weighted by molar-refractivity contribution is 6.30. The number of nitrogens with one attached hydrogen (secondary N) is 1. The van der Waals surface area contributed by atoms with Gasteiger partial charge in [0.1, 0.15) is 17.6 Å². The topological polar surface area (TPSA) is 71.0 Å². The minimum atomic E-state index is -0.857. The molecule has 0 saturated heterocycles. The van der Waals surface area contributed by atoms with Gasteiger partial charge in [-0.25, -0.2) is 4.79 Å². The average molecular weight is 363 g/mol. The zero-order valence-electron chi connectivity index (χ0n) is 14.0. The number of methoxy groups -OCH3 is 2. The summed E-state index contributed by atoms with van der Waals surface area (Å²) in [6.45, 7) is 0.474. The molecule has 0 unspecified atom stereocenters. The molecule has 2 N–H and O–H groups in total. The Morgan fingerprint density at radius 2 is 1.80 bits per heavy atom. The standard InChI is InChI=1S/C18H19ClN2O4/c1-24-15-7-8-16(25-2)17-13(15)9-21(10-14(17)22)18(23)20-12-5-3-11(19)4-6-12/h3-8,14,22H,9-10H2,1-2H3,(H,20,23)/t14-/m1/s1. The predicted molar refractivity (Wildman–Crippen MR) is 95.4 cm³/mol. The van der Waals surface area contributed by atoms with Crippen molar-refractivity contribution in [3.63, 3.8) is 0 Å². The van der Waals surface area contributed by atoms with Crippen molar-refractivity contribution >= 4 is 23.3 Å². The van der Waals surface area contributed by atoms with Crippen molar-refractivity contribution in [1.29, 1.82) is 0 Å². The molecular formula is C18H19ClN2O4. The number of anilines is 1. The Kier molecular flexibility index (Phi) is 5.01. The Hall–Kier alpha value is -2.44. The Balaban J connectivity index is 1.85. The molecule has 3 rings (SSSR count). The van der Waals surface area contributed by atoms with Crippen molar-refractivity contribution in [2.45, 2.75) is 12.6 Å².